The first-order valence-electron chi connectivity index (χ1n) is 10.5. The lowest BCUT2D eigenvalue weighted by molar-refractivity contribution is -0.115. The largest absolute Gasteiger partial charge is 0.354 e. The van der Waals surface area contributed by atoms with Gasteiger partial charge in [-0.15, -0.1) is 0 Å². The maximum Gasteiger partial charge on any atom is 0.290 e. The van der Waals surface area contributed by atoms with Gasteiger partial charge in [0.05, 0.1) is 16.1 Å². The molecule has 8 nitrogen and oxygen atoms in total. The molecule has 9 heteroatoms. The monoisotopic (exact) mass is 446 g/mol. The average Bonchev–Trinajstić information content (AvgIpc) is 3.15. The third-order valence-electron chi connectivity index (χ3n) is 5.76. The summed E-state index contributed by atoms with van der Waals surface area (Å²) in [7, 11) is 0. The van der Waals surface area contributed by atoms with Gasteiger partial charge in [0.2, 0.25) is 0 Å². The number of pyridine rings is 1. The van der Waals surface area contributed by atoms with Crippen molar-refractivity contribution in [2.75, 3.05) is 37.6 Å². The van der Waals surface area contributed by atoms with Gasteiger partial charge in [0, 0.05) is 43.3 Å². The first-order chi connectivity index (χ1) is 15.6. The van der Waals surface area contributed by atoms with Crippen molar-refractivity contribution in [1.29, 1.82) is 0 Å². The van der Waals surface area contributed by atoms with Gasteiger partial charge in [0.1, 0.15) is 12.1 Å². The van der Waals surface area contributed by atoms with Crippen LogP contribution in [-0.4, -0.2) is 63.7 Å². The lowest BCUT2D eigenvalue weighted by atomic mass is 10.1. The second kappa shape index (κ2) is 8.68. The van der Waals surface area contributed by atoms with Gasteiger partial charge >= 0.3 is 0 Å². The van der Waals surface area contributed by atoms with Crippen LogP contribution < -0.4 is 10.2 Å². The molecule has 4 heterocycles. The lowest BCUT2D eigenvalue weighted by Crippen LogP contribution is -2.46. The van der Waals surface area contributed by atoms with E-state index in [9.17, 15) is 9.59 Å². The van der Waals surface area contributed by atoms with E-state index in [0.717, 1.165) is 78.0 Å². The zero-order chi connectivity index (χ0) is 22.1. The van der Waals surface area contributed by atoms with E-state index in [0.29, 0.717) is 4.91 Å². The minimum Gasteiger partial charge on any atom is -0.354 e. The molecule has 32 heavy (non-hydrogen) atoms. The number of aromatic nitrogens is 3. The molecular formula is C23H22N6O2S. The number of hydrogen-bond acceptors (Lipinski definition) is 8. The minimum absolute atomic E-state index is 0.353. The molecule has 162 valence electrons. The van der Waals surface area contributed by atoms with Gasteiger partial charge in [-0.1, -0.05) is 13.0 Å². The maximum atomic E-state index is 11.9. The van der Waals surface area contributed by atoms with Crippen molar-refractivity contribution in [3.05, 3.63) is 53.3 Å². The summed E-state index contributed by atoms with van der Waals surface area (Å²) in [5.41, 5.74) is 3.29. The van der Waals surface area contributed by atoms with E-state index in [4.69, 9.17) is 4.98 Å². The third kappa shape index (κ3) is 4.09. The highest BCUT2D eigenvalue weighted by Crippen LogP contribution is 2.30. The number of thioether (sulfide) groups is 1. The summed E-state index contributed by atoms with van der Waals surface area (Å²) in [6.45, 7) is 7.33. The number of fused-ring (bicyclic) bond motifs is 1. The van der Waals surface area contributed by atoms with Crippen LogP contribution in [0.15, 0.2) is 47.8 Å². The number of likely N-dealkylation sites (N-methyl/N-ethyl adjacent to an activating group) is 1. The molecule has 2 saturated heterocycles. The third-order valence-corrected chi connectivity index (χ3v) is 6.57. The number of hydrogen-bond donors (Lipinski definition) is 1. The topological polar surface area (TPSA) is 91.3 Å². The van der Waals surface area contributed by atoms with Crippen LogP contribution in [0.2, 0.25) is 0 Å². The van der Waals surface area contributed by atoms with Crippen molar-refractivity contribution in [3.63, 3.8) is 0 Å². The number of nitrogens with zero attached hydrogens (tertiary/aromatic N) is 5. The Hall–Kier alpha value is -3.30. The normalized spacial score (nSPS) is 18.5. The molecule has 3 aromatic rings. The Kier molecular flexibility index (Phi) is 5.59. The van der Waals surface area contributed by atoms with Gasteiger partial charge in [0.25, 0.3) is 11.1 Å². The first kappa shape index (κ1) is 20.6. The van der Waals surface area contributed by atoms with Crippen molar-refractivity contribution in [2.45, 2.75) is 6.92 Å². The van der Waals surface area contributed by atoms with Gasteiger partial charge < -0.3 is 9.80 Å². The number of anilines is 1. The number of amides is 2. The van der Waals surface area contributed by atoms with Gasteiger partial charge in [-0.05, 0) is 54.2 Å². The average molecular weight is 447 g/mol. The molecule has 0 aliphatic carbocycles. The molecular weight excluding hydrogens is 424 g/mol. The smallest absolute Gasteiger partial charge is 0.290 e. The highest BCUT2D eigenvalue weighted by Gasteiger charge is 2.25. The van der Waals surface area contributed by atoms with Crippen molar-refractivity contribution in [3.8, 4) is 11.3 Å². The molecule has 2 aliphatic heterocycles. The van der Waals surface area contributed by atoms with E-state index in [1.807, 2.05) is 36.5 Å². The SMILES string of the molecule is CCN1CCN(c2ccc(-c3ncnc4ccc(C=C5SC(=O)NC5=O)cc34)cn2)CC1. The highest BCUT2D eigenvalue weighted by molar-refractivity contribution is 8.18. The predicted octanol–water partition coefficient (Wildman–Crippen LogP) is 3.16. The van der Waals surface area contributed by atoms with E-state index < -0.39 is 0 Å². The number of carbonyl (C=O) groups excluding carboxylic acids is 2. The Labute approximate surface area is 189 Å². The molecule has 2 amide bonds. The van der Waals surface area contributed by atoms with Crippen molar-refractivity contribution < 1.29 is 9.59 Å². The fourth-order valence-corrected chi connectivity index (χ4v) is 4.66. The predicted molar refractivity (Wildman–Crippen MR) is 126 cm³/mol. The summed E-state index contributed by atoms with van der Waals surface area (Å²) in [6, 6.07) is 9.79. The van der Waals surface area contributed by atoms with Crippen LogP contribution in [0, 0.1) is 0 Å². The summed E-state index contributed by atoms with van der Waals surface area (Å²) >= 11 is 0.904. The molecule has 0 atom stereocenters. The molecule has 5 rings (SSSR count). The Morgan fingerprint density at radius 2 is 1.91 bits per heavy atom. The number of nitrogens with one attached hydrogen (secondary N) is 1. The maximum absolute atomic E-state index is 11.9. The molecule has 0 unspecified atom stereocenters. The standard InChI is InChI=1S/C23H22N6O2S/c1-2-28-7-9-29(10-8-28)20-6-4-16(13-24-20)21-17-11-15(3-5-18(17)25-14-26-21)12-19-22(30)27-23(31)32-19/h3-6,11-14H,2,7-10H2,1H3,(H,27,30,31). The summed E-state index contributed by atoms with van der Waals surface area (Å²) in [5, 5.41) is 2.79. The first-order valence-corrected chi connectivity index (χ1v) is 11.4. The van der Waals surface area contributed by atoms with Crippen LogP contribution in [0.3, 0.4) is 0 Å². The van der Waals surface area contributed by atoms with Crippen LogP contribution in [0.5, 0.6) is 0 Å². The molecule has 0 radical (unpaired) electrons. The second-order valence-corrected chi connectivity index (χ2v) is 8.69. The number of piperazine rings is 1. The van der Waals surface area contributed by atoms with Gasteiger partial charge in [-0.25, -0.2) is 15.0 Å². The Morgan fingerprint density at radius 3 is 2.59 bits per heavy atom. The summed E-state index contributed by atoms with van der Waals surface area (Å²) in [4.78, 5) is 42.0. The molecule has 0 bridgehead atoms. The molecule has 2 aromatic heterocycles. The molecule has 2 aliphatic rings. The Balaban J connectivity index is 1.44. The number of benzene rings is 1. The molecule has 1 N–H and O–H groups in total. The van der Waals surface area contributed by atoms with Crippen LogP contribution in [0.4, 0.5) is 10.6 Å². The van der Waals surface area contributed by atoms with Crippen LogP contribution in [0.25, 0.3) is 28.2 Å². The summed E-state index contributed by atoms with van der Waals surface area (Å²) in [6.07, 6.45) is 5.11. The fourth-order valence-electron chi connectivity index (χ4n) is 3.97. The summed E-state index contributed by atoms with van der Waals surface area (Å²) in [5.74, 6) is 0.603. The molecule has 1 aromatic carbocycles. The lowest BCUT2D eigenvalue weighted by Gasteiger charge is -2.34. The quantitative estimate of drug-likeness (QED) is 0.611. The fraction of sp³-hybridized carbons (Fsp3) is 0.261. The molecule has 0 spiro atoms. The van der Waals surface area contributed by atoms with Gasteiger partial charge in [-0.2, -0.15) is 0 Å². The zero-order valence-corrected chi connectivity index (χ0v) is 18.4. The Morgan fingerprint density at radius 1 is 1.06 bits per heavy atom. The van der Waals surface area contributed by atoms with Crippen LogP contribution in [0.1, 0.15) is 12.5 Å². The van der Waals surface area contributed by atoms with E-state index in [-0.39, 0.29) is 11.1 Å². The van der Waals surface area contributed by atoms with Crippen LogP contribution in [-0.2, 0) is 4.79 Å². The van der Waals surface area contributed by atoms with Crippen molar-refractivity contribution >= 4 is 45.7 Å². The number of imide groups is 1. The van der Waals surface area contributed by atoms with E-state index in [1.165, 1.54) is 0 Å². The minimum atomic E-state index is -0.371. The molecule has 2 fully saturated rings. The second-order valence-electron chi connectivity index (χ2n) is 7.68. The van der Waals surface area contributed by atoms with Crippen molar-refractivity contribution in [2.24, 2.45) is 0 Å². The van der Waals surface area contributed by atoms with E-state index >= 15 is 0 Å². The van der Waals surface area contributed by atoms with Gasteiger partial charge in [0.15, 0.2) is 0 Å². The van der Waals surface area contributed by atoms with Gasteiger partial charge in [-0.3, -0.25) is 14.9 Å². The highest BCUT2D eigenvalue weighted by atomic mass is 32.2. The van der Waals surface area contributed by atoms with E-state index in [1.54, 1.807) is 12.4 Å². The van der Waals surface area contributed by atoms with Crippen LogP contribution >= 0.6 is 11.8 Å². The van der Waals surface area contributed by atoms with E-state index in [2.05, 4.69) is 32.0 Å². The van der Waals surface area contributed by atoms with Crippen molar-refractivity contribution in [1.82, 2.24) is 25.2 Å². The molecule has 0 saturated carbocycles. The number of carbonyl (C=O) groups is 2. The number of rotatable bonds is 4. The Bertz CT molecular complexity index is 1220. The zero-order valence-electron chi connectivity index (χ0n) is 17.6. The summed E-state index contributed by atoms with van der Waals surface area (Å²) < 4.78 is 0.